The number of hydrazone groups is 1. The van der Waals surface area contributed by atoms with E-state index in [2.05, 4.69) is 21.0 Å². The third-order valence-corrected chi connectivity index (χ3v) is 2.47. The van der Waals surface area contributed by atoms with Crippen LogP contribution in [-0.4, -0.2) is 20.4 Å². The molecule has 0 aliphatic heterocycles. The minimum Gasteiger partial charge on any atom is -0.495 e. The molecule has 0 aliphatic carbocycles. The van der Waals surface area contributed by atoms with Crippen LogP contribution in [0, 0.1) is 0 Å². The van der Waals surface area contributed by atoms with Crippen LogP contribution in [-0.2, 0) is 0 Å². The lowest BCUT2D eigenvalue weighted by Crippen LogP contribution is -1.94. The Morgan fingerprint density at radius 1 is 1.29 bits per heavy atom. The minimum absolute atomic E-state index is 0.680. The van der Waals surface area contributed by atoms with Gasteiger partial charge in [-0.1, -0.05) is 0 Å². The number of rotatable bonds is 3. The summed E-state index contributed by atoms with van der Waals surface area (Å²) in [6.45, 7) is 0. The molecular weight excluding hydrogens is 248 g/mol. The number of hydrogen-bond donors (Lipinski definition) is 1. The third kappa shape index (κ3) is 2.17. The molecule has 0 amide bonds. The fourth-order valence-corrected chi connectivity index (χ4v) is 1.60. The molecule has 0 fully saturated rings. The highest BCUT2D eigenvalue weighted by Gasteiger charge is 2.08. The van der Waals surface area contributed by atoms with Gasteiger partial charge >= 0.3 is 0 Å². The van der Waals surface area contributed by atoms with Crippen molar-refractivity contribution in [3.05, 3.63) is 22.2 Å². The number of benzene rings is 1. The van der Waals surface area contributed by atoms with E-state index in [0.717, 1.165) is 10.0 Å². The summed E-state index contributed by atoms with van der Waals surface area (Å²) in [5, 5.41) is 3.43. The standard InChI is InChI=1S/C9H11BrN2O2/c1-13-7-3-6(5-12-11)4-8(14-2)9(7)10/h3-5H,11H2,1-2H3. The second-order valence-electron chi connectivity index (χ2n) is 2.52. The zero-order valence-electron chi connectivity index (χ0n) is 7.95. The molecule has 1 aromatic rings. The summed E-state index contributed by atoms with van der Waals surface area (Å²) in [4.78, 5) is 0. The molecule has 0 radical (unpaired) electrons. The van der Waals surface area contributed by atoms with Gasteiger partial charge in [0.1, 0.15) is 16.0 Å². The van der Waals surface area contributed by atoms with Gasteiger partial charge in [-0.2, -0.15) is 5.10 Å². The van der Waals surface area contributed by atoms with Crippen molar-refractivity contribution in [2.45, 2.75) is 0 Å². The van der Waals surface area contributed by atoms with E-state index >= 15 is 0 Å². The lowest BCUT2D eigenvalue weighted by atomic mass is 10.2. The average molecular weight is 259 g/mol. The molecule has 0 bridgehead atoms. The minimum atomic E-state index is 0.680. The van der Waals surface area contributed by atoms with E-state index in [1.165, 1.54) is 6.21 Å². The van der Waals surface area contributed by atoms with E-state index in [0.29, 0.717) is 11.5 Å². The van der Waals surface area contributed by atoms with E-state index in [-0.39, 0.29) is 0 Å². The largest absolute Gasteiger partial charge is 0.495 e. The maximum atomic E-state index is 5.15. The second-order valence-corrected chi connectivity index (χ2v) is 3.31. The Kier molecular flexibility index (Phi) is 3.76. The highest BCUT2D eigenvalue weighted by molar-refractivity contribution is 9.10. The Morgan fingerprint density at radius 3 is 2.14 bits per heavy atom. The monoisotopic (exact) mass is 258 g/mol. The van der Waals surface area contributed by atoms with E-state index in [4.69, 9.17) is 15.3 Å². The van der Waals surface area contributed by atoms with Gasteiger partial charge < -0.3 is 15.3 Å². The number of nitrogens with zero attached hydrogens (tertiary/aromatic N) is 1. The maximum Gasteiger partial charge on any atom is 0.137 e. The molecule has 0 unspecified atom stereocenters. The number of methoxy groups -OCH3 is 2. The van der Waals surface area contributed by atoms with E-state index < -0.39 is 0 Å². The lowest BCUT2D eigenvalue weighted by Gasteiger charge is -2.09. The van der Waals surface area contributed by atoms with Gasteiger partial charge in [0.05, 0.1) is 20.4 Å². The van der Waals surface area contributed by atoms with Crippen molar-refractivity contribution in [2.24, 2.45) is 10.9 Å². The Hall–Kier alpha value is -1.23. The van der Waals surface area contributed by atoms with Crippen LogP contribution in [0.5, 0.6) is 11.5 Å². The molecule has 14 heavy (non-hydrogen) atoms. The first kappa shape index (κ1) is 10.8. The Labute approximate surface area is 90.8 Å². The molecule has 0 aliphatic rings. The van der Waals surface area contributed by atoms with Gasteiger partial charge in [0, 0.05) is 5.56 Å². The van der Waals surface area contributed by atoms with Crippen molar-refractivity contribution in [3.63, 3.8) is 0 Å². The summed E-state index contributed by atoms with van der Waals surface area (Å²) in [6.07, 6.45) is 1.53. The zero-order valence-corrected chi connectivity index (χ0v) is 9.54. The van der Waals surface area contributed by atoms with Crippen LogP contribution in [0.2, 0.25) is 0 Å². The van der Waals surface area contributed by atoms with Crippen LogP contribution in [0.4, 0.5) is 0 Å². The topological polar surface area (TPSA) is 56.8 Å². The van der Waals surface area contributed by atoms with Crippen molar-refractivity contribution in [1.82, 2.24) is 0 Å². The van der Waals surface area contributed by atoms with Gasteiger partial charge in [-0.25, -0.2) is 0 Å². The summed E-state index contributed by atoms with van der Waals surface area (Å²) in [6, 6.07) is 3.62. The van der Waals surface area contributed by atoms with Gasteiger partial charge in [0.2, 0.25) is 0 Å². The molecule has 1 rings (SSSR count). The molecule has 0 heterocycles. The van der Waals surface area contributed by atoms with Crippen molar-refractivity contribution >= 4 is 22.1 Å². The predicted molar refractivity (Wildman–Crippen MR) is 59.0 cm³/mol. The number of nitrogens with two attached hydrogens (primary N) is 1. The van der Waals surface area contributed by atoms with Gasteiger partial charge in [0.15, 0.2) is 0 Å². The Balaban J connectivity index is 3.24. The van der Waals surface area contributed by atoms with Crippen LogP contribution in [0.3, 0.4) is 0 Å². The summed E-state index contributed by atoms with van der Waals surface area (Å²) in [7, 11) is 3.17. The summed E-state index contributed by atoms with van der Waals surface area (Å²) in [5.74, 6) is 6.42. The van der Waals surface area contributed by atoms with E-state index in [1.54, 1.807) is 14.2 Å². The molecule has 0 aromatic heterocycles. The number of halogens is 1. The Morgan fingerprint density at radius 2 is 1.79 bits per heavy atom. The van der Waals surface area contributed by atoms with Gasteiger partial charge in [-0.05, 0) is 28.1 Å². The van der Waals surface area contributed by atoms with Crippen LogP contribution in [0.1, 0.15) is 5.56 Å². The van der Waals surface area contributed by atoms with Crippen molar-refractivity contribution in [1.29, 1.82) is 0 Å². The van der Waals surface area contributed by atoms with Crippen LogP contribution >= 0.6 is 15.9 Å². The molecule has 4 nitrogen and oxygen atoms in total. The normalized spacial score (nSPS) is 10.5. The molecule has 0 spiro atoms. The van der Waals surface area contributed by atoms with E-state index in [1.807, 2.05) is 12.1 Å². The van der Waals surface area contributed by atoms with E-state index in [9.17, 15) is 0 Å². The van der Waals surface area contributed by atoms with Crippen LogP contribution in [0.15, 0.2) is 21.7 Å². The molecule has 0 atom stereocenters. The zero-order chi connectivity index (χ0) is 10.6. The van der Waals surface area contributed by atoms with Crippen molar-refractivity contribution in [2.75, 3.05) is 14.2 Å². The quantitative estimate of drug-likeness (QED) is 0.511. The lowest BCUT2D eigenvalue weighted by molar-refractivity contribution is 0.389. The van der Waals surface area contributed by atoms with Gasteiger partial charge in [-0.3, -0.25) is 0 Å². The Bertz CT molecular complexity index is 328. The summed E-state index contributed by atoms with van der Waals surface area (Å²) in [5.41, 5.74) is 0.824. The first-order chi connectivity index (χ1) is 6.72. The summed E-state index contributed by atoms with van der Waals surface area (Å²) < 4.78 is 11.1. The average Bonchev–Trinajstić information content (AvgIpc) is 2.20. The molecule has 5 heteroatoms. The molecule has 0 saturated heterocycles. The SMILES string of the molecule is COc1cc(C=NN)cc(OC)c1Br. The summed E-state index contributed by atoms with van der Waals surface area (Å²) >= 11 is 3.36. The number of ether oxygens (including phenoxy) is 2. The second kappa shape index (κ2) is 4.85. The molecular formula is C9H11BrN2O2. The van der Waals surface area contributed by atoms with Crippen molar-refractivity contribution < 1.29 is 9.47 Å². The third-order valence-electron chi connectivity index (χ3n) is 1.69. The fourth-order valence-electron chi connectivity index (χ4n) is 1.05. The fraction of sp³-hybridized carbons (Fsp3) is 0.222. The smallest absolute Gasteiger partial charge is 0.137 e. The highest BCUT2D eigenvalue weighted by Crippen LogP contribution is 2.35. The van der Waals surface area contributed by atoms with Crippen LogP contribution < -0.4 is 15.3 Å². The van der Waals surface area contributed by atoms with Gasteiger partial charge in [-0.15, -0.1) is 0 Å². The molecule has 2 N–H and O–H groups in total. The van der Waals surface area contributed by atoms with Crippen LogP contribution in [0.25, 0.3) is 0 Å². The first-order valence-corrected chi connectivity index (χ1v) is 4.67. The molecule has 1 aromatic carbocycles. The van der Waals surface area contributed by atoms with Crippen molar-refractivity contribution in [3.8, 4) is 11.5 Å². The predicted octanol–water partition coefficient (Wildman–Crippen LogP) is 1.76. The highest BCUT2D eigenvalue weighted by atomic mass is 79.9. The maximum absolute atomic E-state index is 5.15. The number of hydrogen-bond acceptors (Lipinski definition) is 4. The molecule has 76 valence electrons. The van der Waals surface area contributed by atoms with Gasteiger partial charge in [0.25, 0.3) is 0 Å². The first-order valence-electron chi connectivity index (χ1n) is 3.87. The molecule has 0 saturated carbocycles.